The molecule has 8 heteroatoms. The van der Waals surface area contributed by atoms with E-state index in [0.717, 1.165) is 0 Å². The maximum absolute atomic E-state index is 12.6. The zero-order valence-electron chi connectivity index (χ0n) is 12.2. The van der Waals surface area contributed by atoms with E-state index in [0.29, 0.717) is 25.0 Å². The summed E-state index contributed by atoms with van der Waals surface area (Å²) in [5.74, 6) is 0.710. The Morgan fingerprint density at radius 3 is 2.35 bits per heavy atom. The molecule has 0 aliphatic carbocycles. The molecule has 0 amide bonds. The number of hydrogen-bond donors (Lipinski definition) is 1. The molecule has 0 aromatic carbocycles. The standard InChI is InChI=1S/C12H21N5O2S/c1-9-7-17(8-11(9)16(3)4)20(18,19)10-5-14-12(13-2)15-6-10/h5-6,9,11H,7-8H2,1-4H3,(H,13,14,15). The number of hydrogen-bond acceptors (Lipinski definition) is 6. The molecule has 2 atom stereocenters. The third kappa shape index (κ3) is 2.77. The summed E-state index contributed by atoms with van der Waals surface area (Å²) in [6.07, 6.45) is 2.70. The Morgan fingerprint density at radius 2 is 1.90 bits per heavy atom. The van der Waals surface area contributed by atoms with Crippen molar-refractivity contribution in [3.8, 4) is 0 Å². The number of likely N-dealkylation sites (N-methyl/N-ethyl adjacent to an activating group) is 1. The van der Waals surface area contributed by atoms with Gasteiger partial charge in [-0.3, -0.25) is 0 Å². The van der Waals surface area contributed by atoms with E-state index in [9.17, 15) is 8.42 Å². The smallest absolute Gasteiger partial charge is 0.246 e. The molecule has 20 heavy (non-hydrogen) atoms. The van der Waals surface area contributed by atoms with E-state index in [2.05, 4.69) is 27.1 Å². The van der Waals surface area contributed by atoms with Crippen LogP contribution in [0.5, 0.6) is 0 Å². The molecule has 1 N–H and O–H groups in total. The van der Waals surface area contributed by atoms with Gasteiger partial charge < -0.3 is 10.2 Å². The summed E-state index contributed by atoms with van der Waals surface area (Å²) in [5.41, 5.74) is 0. The van der Waals surface area contributed by atoms with Crippen LogP contribution in [0.2, 0.25) is 0 Å². The molecular weight excluding hydrogens is 278 g/mol. The largest absolute Gasteiger partial charge is 0.357 e. The number of anilines is 1. The first-order valence-corrected chi connectivity index (χ1v) is 7.96. The minimum absolute atomic E-state index is 0.142. The van der Waals surface area contributed by atoms with Gasteiger partial charge in [-0.2, -0.15) is 4.31 Å². The van der Waals surface area contributed by atoms with Crippen molar-refractivity contribution >= 4 is 16.0 Å². The van der Waals surface area contributed by atoms with E-state index < -0.39 is 10.0 Å². The highest BCUT2D eigenvalue weighted by molar-refractivity contribution is 7.89. The predicted molar refractivity (Wildman–Crippen MR) is 77.0 cm³/mol. The van der Waals surface area contributed by atoms with Crippen molar-refractivity contribution in [2.24, 2.45) is 5.92 Å². The van der Waals surface area contributed by atoms with Crippen LogP contribution in [0.15, 0.2) is 17.3 Å². The lowest BCUT2D eigenvalue weighted by molar-refractivity contribution is 0.263. The van der Waals surface area contributed by atoms with Crippen LogP contribution < -0.4 is 5.32 Å². The quantitative estimate of drug-likeness (QED) is 0.849. The van der Waals surface area contributed by atoms with Crippen molar-refractivity contribution < 1.29 is 8.42 Å². The fourth-order valence-electron chi connectivity index (χ4n) is 2.50. The van der Waals surface area contributed by atoms with Gasteiger partial charge in [0.15, 0.2) is 0 Å². The summed E-state index contributed by atoms with van der Waals surface area (Å²) in [6, 6.07) is 0.238. The summed E-state index contributed by atoms with van der Waals surface area (Å²) in [5, 5.41) is 2.77. The van der Waals surface area contributed by atoms with E-state index in [1.54, 1.807) is 7.05 Å². The van der Waals surface area contributed by atoms with Crippen molar-refractivity contribution in [3.63, 3.8) is 0 Å². The maximum atomic E-state index is 12.6. The van der Waals surface area contributed by atoms with Gasteiger partial charge in [-0.15, -0.1) is 0 Å². The number of rotatable bonds is 4. The zero-order valence-corrected chi connectivity index (χ0v) is 13.1. The molecule has 1 saturated heterocycles. The molecule has 2 rings (SSSR count). The Labute approximate surface area is 120 Å². The first-order chi connectivity index (χ1) is 9.36. The molecule has 1 aromatic heterocycles. The SMILES string of the molecule is CNc1ncc(S(=O)(=O)N2CC(C)C(N(C)C)C2)cn1. The Bertz CT molecular complexity index is 558. The van der Waals surface area contributed by atoms with Gasteiger partial charge in [-0.05, 0) is 20.0 Å². The molecule has 0 bridgehead atoms. The van der Waals surface area contributed by atoms with Crippen LogP contribution in [0.3, 0.4) is 0 Å². The molecule has 1 aliphatic heterocycles. The fourth-order valence-corrected chi connectivity index (χ4v) is 3.95. The van der Waals surface area contributed by atoms with Crippen molar-refractivity contribution in [2.75, 3.05) is 39.5 Å². The molecule has 7 nitrogen and oxygen atoms in total. The minimum Gasteiger partial charge on any atom is -0.357 e. The van der Waals surface area contributed by atoms with Gasteiger partial charge in [-0.25, -0.2) is 18.4 Å². The monoisotopic (exact) mass is 299 g/mol. The molecule has 2 unspecified atom stereocenters. The van der Waals surface area contributed by atoms with Crippen LogP contribution in [0.1, 0.15) is 6.92 Å². The molecule has 0 saturated carbocycles. The summed E-state index contributed by atoms with van der Waals surface area (Å²) in [4.78, 5) is 10.2. The lowest BCUT2D eigenvalue weighted by atomic mass is 10.1. The Hall–Kier alpha value is -1.25. The average molecular weight is 299 g/mol. The fraction of sp³-hybridized carbons (Fsp3) is 0.667. The molecule has 0 radical (unpaired) electrons. The number of nitrogens with zero attached hydrogens (tertiary/aromatic N) is 4. The molecule has 0 spiro atoms. The second-order valence-electron chi connectivity index (χ2n) is 5.32. The van der Waals surface area contributed by atoms with Crippen LogP contribution in [0, 0.1) is 5.92 Å². The van der Waals surface area contributed by atoms with Crippen molar-refractivity contribution in [3.05, 3.63) is 12.4 Å². The third-order valence-corrected chi connectivity index (χ3v) is 5.48. The number of sulfonamides is 1. The predicted octanol–water partition coefficient (Wildman–Crippen LogP) is 0.0889. The molecule has 2 heterocycles. The maximum Gasteiger partial charge on any atom is 0.246 e. The van der Waals surface area contributed by atoms with Gasteiger partial charge in [0.05, 0.1) is 12.4 Å². The Morgan fingerprint density at radius 1 is 1.30 bits per heavy atom. The van der Waals surface area contributed by atoms with Gasteiger partial charge in [0, 0.05) is 26.2 Å². The topological polar surface area (TPSA) is 78.4 Å². The first-order valence-electron chi connectivity index (χ1n) is 6.52. The van der Waals surface area contributed by atoms with Gasteiger partial charge in [0.1, 0.15) is 4.90 Å². The van der Waals surface area contributed by atoms with Gasteiger partial charge in [0.2, 0.25) is 16.0 Å². The van der Waals surface area contributed by atoms with Crippen LogP contribution >= 0.6 is 0 Å². The Balaban J connectivity index is 2.22. The van der Waals surface area contributed by atoms with Gasteiger partial charge >= 0.3 is 0 Å². The van der Waals surface area contributed by atoms with Crippen molar-refractivity contribution in [2.45, 2.75) is 17.9 Å². The summed E-state index contributed by atoms with van der Waals surface area (Å²) >= 11 is 0. The van der Waals surface area contributed by atoms with Crippen LogP contribution in [0.25, 0.3) is 0 Å². The second-order valence-corrected chi connectivity index (χ2v) is 7.26. The molecule has 1 fully saturated rings. The summed E-state index contributed by atoms with van der Waals surface area (Å²) < 4.78 is 26.6. The highest BCUT2D eigenvalue weighted by Gasteiger charge is 2.38. The molecular formula is C12H21N5O2S. The molecule has 1 aromatic rings. The lowest BCUT2D eigenvalue weighted by Crippen LogP contribution is -2.35. The third-order valence-electron chi connectivity index (χ3n) is 3.69. The highest BCUT2D eigenvalue weighted by Crippen LogP contribution is 2.26. The zero-order chi connectivity index (χ0) is 14.9. The normalized spacial score (nSPS) is 24.2. The second kappa shape index (κ2) is 5.63. The first kappa shape index (κ1) is 15.1. The highest BCUT2D eigenvalue weighted by atomic mass is 32.2. The van der Waals surface area contributed by atoms with Crippen LogP contribution in [-0.4, -0.2) is 67.9 Å². The van der Waals surface area contributed by atoms with E-state index in [4.69, 9.17) is 0 Å². The number of aromatic nitrogens is 2. The van der Waals surface area contributed by atoms with Crippen LogP contribution in [0.4, 0.5) is 5.95 Å². The van der Waals surface area contributed by atoms with E-state index in [1.165, 1.54) is 16.7 Å². The minimum atomic E-state index is -3.51. The van der Waals surface area contributed by atoms with Crippen molar-refractivity contribution in [1.82, 2.24) is 19.2 Å². The van der Waals surface area contributed by atoms with E-state index in [-0.39, 0.29) is 10.9 Å². The summed E-state index contributed by atoms with van der Waals surface area (Å²) in [7, 11) is 2.13. The van der Waals surface area contributed by atoms with Gasteiger partial charge in [0.25, 0.3) is 0 Å². The molecule has 1 aliphatic rings. The summed E-state index contributed by atoms with van der Waals surface area (Å²) in [6.45, 7) is 3.10. The Kier molecular flexibility index (Phi) is 4.26. The lowest BCUT2D eigenvalue weighted by Gasteiger charge is -2.22. The van der Waals surface area contributed by atoms with E-state index >= 15 is 0 Å². The van der Waals surface area contributed by atoms with Crippen LogP contribution in [-0.2, 0) is 10.0 Å². The van der Waals surface area contributed by atoms with Crippen molar-refractivity contribution in [1.29, 1.82) is 0 Å². The molecule has 112 valence electrons. The van der Waals surface area contributed by atoms with E-state index in [1.807, 2.05) is 14.1 Å². The number of nitrogens with one attached hydrogen (secondary N) is 1. The van der Waals surface area contributed by atoms with Gasteiger partial charge in [-0.1, -0.05) is 6.92 Å². The average Bonchev–Trinajstić information content (AvgIpc) is 2.82.